The first-order chi connectivity index (χ1) is 15.2. The van der Waals surface area contributed by atoms with E-state index in [-0.39, 0.29) is 17.4 Å². The van der Waals surface area contributed by atoms with E-state index in [4.69, 9.17) is 14.2 Å². The largest absolute Gasteiger partial charge is 0.497 e. The topological polar surface area (TPSA) is 48.0 Å². The molecule has 0 aromatic heterocycles. The third kappa shape index (κ3) is 5.37. The minimum atomic E-state index is -0.168. The summed E-state index contributed by atoms with van der Waals surface area (Å²) in [6.45, 7) is 9.54. The number of methoxy groups -OCH3 is 3. The predicted molar refractivity (Wildman–Crippen MR) is 128 cm³/mol. The Morgan fingerprint density at radius 3 is 2.22 bits per heavy atom. The van der Waals surface area contributed by atoms with Crippen molar-refractivity contribution in [1.29, 1.82) is 0 Å². The lowest BCUT2D eigenvalue weighted by Gasteiger charge is -2.39. The molecule has 1 heterocycles. The molecule has 0 radical (unpaired) electrons. The van der Waals surface area contributed by atoms with Gasteiger partial charge in [-0.15, -0.1) is 0 Å². The highest BCUT2D eigenvalue weighted by Crippen LogP contribution is 2.42. The molecule has 5 nitrogen and oxygen atoms in total. The first kappa shape index (κ1) is 24.0. The first-order valence-corrected chi connectivity index (χ1v) is 11.3. The van der Waals surface area contributed by atoms with Crippen LogP contribution in [0.25, 0.3) is 0 Å². The maximum atomic E-state index is 13.5. The van der Waals surface area contributed by atoms with Gasteiger partial charge in [-0.25, -0.2) is 0 Å². The molecule has 1 aliphatic rings. The second-order valence-electron chi connectivity index (χ2n) is 9.99. The molecule has 0 aliphatic carbocycles. The number of hydrogen-bond donors (Lipinski definition) is 0. The molecule has 2 atom stereocenters. The average molecular weight is 440 g/mol. The highest BCUT2D eigenvalue weighted by molar-refractivity contribution is 5.78. The van der Waals surface area contributed by atoms with Crippen molar-refractivity contribution in [2.24, 2.45) is 11.3 Å². The molecule has 0 unspecified atom stereocenters. The number of hydrogen-bond acceptors (Lipinski definition) is 4. The van der Waals surface area contributed by atoms with Crippen LogP contribution in [0.1, 0.15) is 63.3 Å². The molecule has 1 amide bonds. The van der Waals surface area contributed by atoms with Crippen LogP contribution in [-0.4, -0.2) is 38.7 Å². The van der Waals surface area contributed by atoms with E-state index in [2.05, 4.69) is 33.8 Å². The second kappa shape index (κ2) is 9.85. The van der Waals surface area contributed by atoms with Gasteiger partial charge in [-0.05, 0) is 65.1 Å². The van der Waals surface area contributed by atoms with E-state index in [1.807, 2.05) is 35.2 Å². The molecule has 174 valence electrons. The van der Waals surface area contributed by atoms with Gasteiger partial charge >= 0.3 is 0 Å². The minimum absolute atomic E-state index is 0.168. The second-order valence-corrected chi connectivity index (χ2v) is 9.99. The van der Waals surface area contributed by atoms with Crippen LogP contribution in [0, 0.1) is 11.3 Å². The number of nitrogens with zero attached hydrogens (tertiary/aromatic N) is 1. The van der Waals surface area contributed by atoms with Gasteiger partial charge < -0.3 is 19.1 Å². The van der Waals surface area contributed by atoms with Crippen LogP contribution in [0.5, 0.6) is 17.2 Å². The van der Waals surface area contributed by atoms with Gasteiger partial charge in [0.15, 0.2) is 11.5 Å². The lowest BCUT2D eigenvalue weighted by atomic mass is 9.83. The van der Waals surface area contributed by atoms with Gasteiger partial charge in [0, 0.05) is 13.0 Å². The van der Waals surface area contributed by atoms with E-state index in [0.717, 1.165) is 35.5 Å². The highest BCUT2D eigenvalue weighted by Gasteiger charge is 2.34. The Morgan fingerprint density at radius 2 is 1.66 bits per heavy atom. The molecule has 3 rings (SSSR count). The molecule has 5 heteroatoms. The lowest BCUT2D eigenvalue weighted by Crippen LogP contribution is -2.41. The zero-order valence-electron chi connectivity index (χ0n) is 20.5. The van der Waals surface area contributed by atoms with Crippen molar-refractivity contribution >= 4 is 5.91 Å². The summed E-state index contributed by atoms with van der Waals surface area (Å²) in [5.41, 5.74) is 3.55. The highest BCUT2D eigenvalue weighted by atomic mass is 16.5. The summed E-state index contributed by atoms with van der Waals surface area (Å²) in [5, 5.41) is 0. The van der Waals surface area contributed by atoms with Gasteiger partial charge in [-0.2, -0.15) is 0 Å². The van der Waals surface area contributed by atoms with Crippen molar-refractivity contribution < 1.29 is 19.0 Å². The molecule has 0 fully saturated rings. The molecular formula is C27H37NO4. The normalized spacial score (nSPS) is 16.8. The molecule has 0 bridgehead atoms. The van der Waals surface area contributed by atoms with Crippen molar-refractivity contribution in [2.45, 2.75) is 53.0 Å². The number of fused-ring (bicyclic) bond motifs is 1. The van der Waals surface area contributed by atoms with E-state index < -0.39 is 0 Å². The molecule has 1 aliphatic heterocycles. The van der Waals surface area contributed by atoms with Gasteiger partial charge in [0.1, 0.15) is 5.75 Å². The molecule has 0 saturated carbocycles. The SMILES string of the molecule is COc1ccc([C@H]2c3cc(OC)c(OC)cc3CCN2C(=O)C[C@H](C)CC(C)(C)C)cc1. The Labute approximate surface area is 192 Å². The number of carbonyl (C=O) groups is 1. The minimum Gasteiger partial charge on any atom is -0.497 e. The van der Waals surface area contributed by atoms with Gasteiger partial charge in [-0.1, -0.05) is 39.8 Å². The van der Waals surface area contributed by atoms with Crippen LogP contribution in [0.3, 0.4) is 0 Å². The van der Waals surface area contributed by atoms with Crippen LogP contribution >= 0.6 is 0 Å². The number of rotatable bonds is 7. The summed E-state index contributed by atoms with van der Waals surface area (Å²) in [4.78, 5) is 15.6. The number of ether oxygens (including phenoxy) is 3. The fraction of sp³-hybridized carbons (Fsp3) is 0.519. The van der Waals surface area contributed by atoms with Crippen LogP contribution < -0.4 is 14.2 Å². The third-order valence-corrected chi connectivity index (χ3v) is 6.11. The maximum absolute atomic E-state index is 13.5. The molecule has 0 spiro atoms. The standard InChI is InChI=1S/C27H37NO4/c1-18(17-27(2,3)4)14-25(29)28-13-12-20-15-23(31-6)24(32-7)16-22(20)26(28)19-8-10-21(30-5)11-9-19/h8-11,15-16,18,26H,12-14,17H2,1-7H3/t18-,26-/m0/s1. The van der Waals surface area contributed by atoms with Crippen molar-refractivity contribution in [2.75, 3.05) is 27.9 Å². The molecular weight excluding hydrogens is 402 g/mol. The smallest absolute Gasteiger partial charge is 0.223 e. The van der Waals surface area contributed by atoms with Crippen molar-refractivity contribution in [1.82, 2.24) is 4.90 Å². The number of benzene rings is 2. The summed E-state index contributed by atoms with van der Waals surface area (Å²) < 4.78 is 16.5. The third-order valence-electron chi connectivity index (χ3n) is 6.11. The van der Waals surface area contributed by atoms with Crippen LogP contribution in [0.15, 0.2) is 36.4 Å². The fourth-order valence-corrected chi connectivity index (χ4v) is 4.89. The van der Waals surface area contributed by atoms with Crippen LogP contribution in [-0.2, 0) is 11.2 Å². The predicted octanol–water partition coefficient (Wildman–Crippen LogP) is 5.65. The van der Waals surface area contributed by atoms with Gasteiger partial charge in [0.2, 0.25) is 5.91 Å². The number of amides is 1. The monoisotopic (exact) mass is 439 g/mol. The summed E-state index contributed by atoms with van der Waals surface area (Å²) >= 11 is 0. The van der Waals surface area contributed by atoms with Crippen molar-refractivity contribution in [3.63, 3.8) is 0 Å². The van der Waals surface area contributed by atoms with E-state index in [1.54, 1.807) is 21.3 Å². The molecule has 2 aromatic rings. The quantitative estimate of drug-likeness (QED) is 0.559. The Balaban J connectivity index is 2.00. The zero-order valence-corrected chi connectivity index (χ0v) is 20.5. The van der Waals surface area contributed by atoms with Crippen LogP contribution in [0.4, 0.5) is 0 Å². The van der Waals surface area contributed by atoms with Crippen molar-refractivity contribution in [3.8, 4) is 17.2 Å². The van der Waals surface area contributed by atoms with Gasteiger partial charge in [0.25, 0.3) is 0 Å². The molecule has 32 heavy (non-hydrogen) atoms. The number of carbonyl (C=O) groups excluding carboxylic acids is 1. The summed E-state index contributed by atoms with van der Waals surface area (Å²) in [7, 11) is 4.96. The van der Waals surface area contributed by atoms with E-state index >= 15 is 0 Å². The van der Waals surface area contributed by atoms with Crippen LogP contribution in [0.2, 0.25) is 0 Å². The lowest BCUT2D eigenvalue weighted by molar-refractivity contribution is -0.134. The Hall–Kier alpha value is -2.69. The average Bonchev–Trinajstić information content (AvgIpc) is 2.75. The molecule has 0 saturated heterocycles. The Morgan fingerprint density at radius 1 is 1.03 bits per heavy atom. The fourth-order valence-electron chi connectivity index (χ4n) is 4.89. The summed E-state index contributed by atoms with van der Waals surface area (Å²) in [6.07, 6.45) is 2.36. The molecule has 0 N–H and O–H groups in total. The van der Waals surface area contributed by atoms with Gasteiger partial charge in [0.05, 0.1) is 27.4 Å². The Bertz CT molecular complexity index is 930. The van der Waals surface area contributed by atoms with Gasteiger partial charge in [-0.3, -0.25) is 4.79 Å². The van der Waals surface area contributed by atoms with Crippen molar-refractivity contribution in [3.05, 3.63) is 53.1 Å². The summed E-state index contributed by atoms with van der Waals surface area (Å²) in [6, 6.07) is 11.9. The van der Waals surface area contributed by atoms with E-state index in [9.17, 15) is 4.79 Å². The molecule has 2 aromatic carbocycles. The first-order valence-electron chi connectivity index (χ1n) is 11.3. The Kier molecular flexibility index (Phi) is 7.37. The van der Waals surface area contributed by atoms with E-state index in [1.165, 1.54) is 5.56 Å². The van der Waals surface area contributed by atoms with E-state index in [0.29, 0.717) is 24.6 Å². The maximum Gasteiger partial charge on any atom is 0.223 e. The zero-order chi connectivity index (χ0) is 23.5. The summed E-state index contributed by atoms with van der Waals surface area (Å²) in [5.74, 6) is 2.72.